The number of carbonyl (C=O) groups excluding carboxylic acids is 1. The van der Waals surface area contributed by atoms with Crippen molar-refractivity contribution in [2.45, 2.75) is 44.1 Å². The number of likely N-dealkylation sites (tertiary alicyclic amines) is 1. The molecule has 4 nitrogen and oxygen atoms in total. The Morgan fingerprint density at radius 2 is 1.76 bits per heavy atom. The summed E-state index contributed by atoms with van der Waals surface area (Å²) in [5.74, 6) is -0.0850. The van der Waals surface area contributed by atoms with Gasteiger partial charge in [-0.3, -0.25) is 0 Å². The molecule has 2 fully saturated rings. The first-order chi connectivity index (χ1) is 11.6. The van der Waals surface area contributed by atoms with Gasteiger partial charge in [0.1, 0.15) is 0 Å². The van der Waals surface area contributed by atoms with E-state index in [1.54, 1.807) is 0 Å². The number of esters is 1. The second kappa shape index (κ2) is 9.02. The quantitative estimate of drug-likeness (QED) is 0.810. The van der Waals surface area contributed by atoms with Crippen LogP contribution in [0.1, 0.15) is 44.1 Å². The van der Waals surface area contributed by atoms with Crippen molar-refractivity contribution >= 4 is 18.4 Å². The lowest BCUT2D eigenvalue weighted by Gasteiger charge is -2.34. The topological polar surface area (TPSA) is 49.8 Å². The molecule has 3 rings (SSSR count). The van der Waals surface area contributed by atoms with Crippen molar-refractivity contribution in [1.82, 2.24) is 4.90 Å². The van der Waals surface area contributed by atoms with Crippen LogP contribution in [0.2, 0.25) is 0 Å². The largest absolute Gasteiger partial charge is 0.463 e. The summed E-state index contributed by atoms with van der Waals surface area (Å²) in [4.78, 5) is 15.2. The van der Waals surface area contributed by atoms with E-state index in [1.165, 1.54) is 0 Å². The lowest BCUT2D eigenvalue weighted by atomic mass is 9.80. The fourth-order valence-corrected chi connectivity index (χ4v) is 4.09. The molecule has 1 saturated heterocycles. The SMILES string of the molecule is CN1CCC(COC(=O)C(O)(c2ccccc2)C2CCCC2)CC1.Cl. The van der Waals surface area contributed by atoms with Gasteiger partial charge < -0.3 is 14.7 Å². The zero-order valence-corrected chi connectivity index (χ0v) is 15.8. The minimum atomic E-state index is -1.50. The zero-order chi connectivity index (χ0) is 17.0. The van der Waals surface area contributed by atoms with Gasteiger partial charge in [-0.25, -0.2) is 4.79 Å². The maximum Gasteiger partial charge on any atom is 0.343 e. The van der Waals surface area contributed by atoms with Gasteiger partial charge in [0.2, 0.25) is 0 Å². The van der Waals surface area contributed by atoms with Crippen molar-refractivity contribution in [3.05, 3.63) is 35.9 Å². The van der Waals surface area contributed by atoms with Crippen LogP contribution in [0.4, 0.5) is 0 Å². The van der Waals surface area contributed by atoms with Crippen molar-refractivity contribution in [3.8, 4) is 0 Å². The van der Waals surface area contributed by atoms with Gasteiger partial charge >= 0.3 is 5.97 Å². The highest BCUT2D eigenvalue weighted by molar-refractivity contribution is 5.85. The Morgan fingerprint density at radius 3 is 2.36 bits per heavy atom. The van der Waals surface area contributed by atoms with Gasteiger partial charge in [0.25, 0.3) is 0 Å². The molecule has 1 aliphatic carbocycles. The lowest BCUT2D eigenvalue weighted by molar-refractivity contribution is -0.175. The molecule has 1 saturated carbocycles. The maximum absolute atomic E-state index is 12.9. The molecule has 140 valence electrons. The molecule has 5 heteroatoms. The molecular weight excluding hydrogens is 338 g/mol. The standard InChI is InChI=1S/C20H29NO3.ClH/c1-21-13-11-16(12-14-21)15-24-19(22)20(23,18-9-5-6-10-18)17-7-3-2-4-8-17;/h2-4,7-8,16,18,23H,5-6,9-15H2,1H3;1H. The fraction of sp³-hybridized carbons (Fsp3) is 0.650. The number of rotatable bonds is 5. The first-order valence-electron chi connectivity index (χ1n) is 9.24. The number of piperidine rings is 1. The number of aliphatic hydroxyl groups is 1. The Morgan fingerprint density at radius 1 is 1.16 bits per heavy atom. The molecule has 2 aliphatic rings. The summed E-state index contributed by atoms with van der Waals surface area (Å²) in [6.45, 7) is 2.52. The van der Waals surface area contributed by atoms with Gasteiger partial charge in [0, 0.05) is 5.92 Å². The number of carbonyl (C=O) groups is 1. The Hall–Kier alpha value is -1.10. The second-order valence-corrected chi connectivity index (χ2v) is 7.46. The minimum absolute atomic E-state index is 0. The van der Waals surface area contributed by atoms with E-state index in [1.807, 2.05) is 30.3 Å². The smallest absolute Gasteiger partial charge is 0.343 e. The molecule has 1 aromatic carbocycles. The van der Waals surface area contributed by atoms with Gasteiger partial charge in [-0.15, -0.1) is 12.4 Å². The Kier molecular flexibility index (Phi) is 7.29. The van der Waals surface area contributed by atoms with Gasteiger partial charge in [-0.2, -0.15) is 0 Å². The van der Waals surface area contributed by atoms with Gasteiger partial charge in [-0.05, 0) is 57.3 Å². The van der Waals surface area contributed by atoms with Crippen LogP contribution in [-0.2, 0) is 15.1 Å². The van der Waals surface area contributed by atoms with Crippen LogP contribution in [0.15, 0.2) is 30.3 Å². The lowest BCUT2D eigenvalue weighted by Crippen LogP contribution is -2.44. The van der Waals surface area contributed by atoms with E-state index >= 15 is 0 Å². The Labute approximate surface area is 157 Å². The van der Waals surface area contributed by atoms with Crippen LogP contribution in [0, 0.1) is 11.8 Å². The molecule has 1 N–H and O–H groups in total. The monoisotopic (exact) mass is 367 g/mol. The van der Waals surface area contributed by atoms with Crippen molar-refractivity contribution < 1.29 is 14.6 Å². The summed E-state index contributed by atoms with van der Waals surface area (Å²) in [5.41, 5.74) is -0.825. The van der Waals surface area contributed by atoms with Crippen molar-refractivity contribution in [2.75, 3.05) is 26.7 Å². The Bertz CT molecular complexity index is 539. The van der Waals surface area contributed by atoms with Crippen LogP contribution >= 0.6 is 12.4 Å². The summed E-state index contributed by atoms with van der Waals surface area (Å²) < 4.78 is 5.64. The third-order valence-corrected chi connectivity index (χ3v) is 5.76. The van der Waals surface area contributed by atoms with E-state index in [0.717, 1.165) is 51.6 Å². The normalized spacial score (nSPS) is 22.2. The molecule has 0 radical (unpaired) electrons. The summed E-state index contributed by atoms with van der Waals surface area (Å²) in [5, 5.41) is 11.3. The van der Waals surface area contributed by atoms with Crippen molar-refractivity contribution in [2.24, 2.45) is 11.8 Å². The van der Waals surface area contributed by atoms with Gasteiger partial charge in [0.15, 0.2) is 5.60 Å². The van der Waals surface area contributed by atoms with E-state index in [9.17, 15) is 9.90 Å². The van der Waals surface area contributed by atoms with Crippen LogP contribution in [-0.4, -0.2) is 42.7 Å². The van der Waals surface area contributed by atoms with Crippen molar-refractivity contribution in [3.63, 3.8) is 0 Å². The highest BCUT2D eigenvalue weighted by Crippen LogP contribution is 2.41. The number of halogens is 1. The van der Waals surface area contributed by atoms with E-state index in [2.05, 4.69) is 11.9 Å². The first kappa shape index (κ1) is 20.2. The number of hydrogen-bond donors (Lipinski definition) is 1. The maximum atomic E-state index is 12.9. The van der Waals surface area contributed by atoms with E-state index < -0.39 is 11.6 Å². The minimum Gasteiger partial charge on any atom is -0.463 e. The number of benzene rings is 1. The molecule has 0 bridgehead atoms. The summed E-state index contributed by atoms with van der Waals surface area (Å²) in [7, 11) is 2.12. The average molecular weight is 368 g/mol. The molecular formula is C20H30ClNO3. The summed E-state index contributed by atoms with van der Waals surface area (Å²) in [6, 6.07) is 9.34. The predicted octanol–water partition coefficient (Wildman–Crippen LogP) is 3.37. The highest BCUT2D eigenvalue weighted by Gasteiger charge is 2.47. The van der Waals surface area contributed by atoms with Gasteiger partial charge in [0.05, 0.1) is 6.61 Å². The fourth-order valence-electron chi connectivity index (χ4n) is 4.09. The predicted molar refractivity (Wildman–Crippen MR) is 101 cm³/mol. The van der Waals surface area contributed by atoms with E-state index in [0.29, 0.717) is 18.1 Å². The molecule has 1 heterocycles. The zero-order valence-electron chi connectivity index (χ0n) is 15.0. The molecule has 0 spiro atoms. The number of nitrogens with zero attached hydrogens (tertiary/aromatic N) is 1. The first-order valence-corrected chi connectivity index (χ1v) is 9.24. The highest BCUT2D eigenvalue weighted by atomic mass is 35.5. The number of hydrogen-bond acceptors (Lipinski definition) is 4. The van der Waals surface area contributed by atoms with Crippen LogP contribution in [0.3, 0.4) is 0 Å². The number of ether oxygens (including phenoxy) is 1. The molecule has 0 aromatic heterocycles. The third kappa shape index (κ3) is 4.55. The van der Waals surface area contributed by atoms with E-state index in [4.69, 9.17) is 4.74 Å². The van der Waals surface area contributed by atoms with E-state index in [-0.39, 0.29) is 18.3 Å². The Balaban J connectivity index is 0.00000225. The molecule has 0 amide bonds. The molecule has 1 aliphatic heterocycles. The molecule has 1 unspecified atom stereocenters. The second-order valence-electron chi connectivity index (χ2n) is 7.46. The van der Waals surface area contributed by atoms with Crippen molar-refractivity contribution in [1.29, 1.82) is 0 Å². The summed E-state index contributed by atoms with van der Waals surface area (Å²) in [6.07, 6.45) is 6.02. The van der Waals surface area contributed by atoms with Crippen LogP contribution in [0.25, 0.3) is 0 Å². The summed E-state index contributed by atoms with van der Waals surface area (Å²) >= 11 is 0. The molecule has 1 aromatic rings. The average Bonchev–Trinajstić information content (AvgIpc) is 3.16. The molecule has 25 heavy (non-hydrogen) atoms. The van der Waals surface area contributed by atoms with Crippen LogP contribution in [0.5, 0.6) is 0 Å². The van der Waals surface area contributed by atoms with Gasteiger partial charge in [-0.1, -0.05) is 43.2 Å². The third-order valence-electron chi connectivity index (χ3n) is 5.76. The van der Waals surface area contributed by atoms with Crippen LogP contribution < -0.4 is 0 Å². The molecule has 1 atom stereocenters.